The molecule has 1 aromatic heterocycles. The molecule has 0 unspecified atom stereocenters. The molecule has 0 fully saturated rings. The van der Waals surface area contributed by atoms with Gasteiger partial charge < -0.3 is 15.2 Å². The maximum Gasteiger partial charge on any atom is 0.253 e. The number of pyridine rings is 1. The predicted molar refractivity (Wildman–Crippen MR) is 86.8 cm³/mol. The van der Waals surface area contributed by atoms with Gasteiger partial charge in [0.25, 0.3) is 5.56 Å². The number of nitrogens with one attached hydrogen (secondary N) is 2. The van der Waals surface area contributed by atoms with Crippen molar-refractivity contribution in [1.29, 1.82) is 0 Å². The Hall–Kier alpha value is -2.89. The van der Waals surface area contributed by atoms with Crippen molar-refractivity contribution in [3.63, 3.8) is 0 Å². The first-order valence-electron chi connectivity index (χ1n) is 7.25. The third-order valence-corrected chi connectivity index (χ3v) is 3.47. The van der Waals surface area contributed by atoms with Crippen LogP contribution in [-0.4, -0.2) is 23.4 Å². The summed E-state index contributed by atoms with van der Waals surface area (Å²) in [5, 5.41) is 5.20. The number of carbonyl (C=O) groups is 2. The molecule has 0 aliphatic heterocycles. The SMILES string of the molecule is CNC(=O)[C@@H](NC(=O)Cn1cccc(C)c1=O)c1ccccc1. The summed E-state index contributed by atoms with van der Waals surface area (Å²) in [7, 11) is 1.51. The molecule has 1 atom stereocenters. The molecule has 23 heavy (non-hydrogen) atoms. The molecule has 0 saturated carbocycles. The molecule has 1 heterocycles. The number of aryl methyl sites for hydroxylation is 1. The van der Waals surface area contributed by atoms with Crippen molar-refractivity contribution in [2.24, 2.45) is 0 Å². The van der Waals surface area contributed by atoms with Crippen LogP contribution in [0.2, 0.25) is 0 Å². The Kier molecular flexibility index (Phi) is 5.30. The molecule has 2 aromatic rings. The molecule has 2 N–H and O–H groups in total. The number of benzene rings is 1. The maximum absolute atomic E-state index is 12.2. The molecule has 120 valence electrons. The van der Waals surface area contributed by atoms with E-state index in [1.165, 1.54) is 11.6 Å². The van der Waals surface area contributed by atoms with Gasteiger partial charge in [-0.05, 0) is 18.6 Å². The second kappa shape index (κ2) is 7.40. The summed E-state index contributed by atoms with van der Waals surface area (Å²) in [6, 6.07) is 11.5. The van der Waals surface area contributed by atoms with Crippen LogP contribution in [-0.2, 0) is 16.1 Å². The van der Waals surface area contributed by atoms with E-state index in [1.807, 2.05) is 6.07 Å². The Morgan fingerprint density at radius 1 is 1.13 bits per heavy atom. The Bertz CT molecular complexity index is 753. The lowest BCUT2D eigenvalue weighted by Crippen LogP contribution is -2.41. The zero-order chi connectivity index (χ0) is 16.8. The van der Waals surface area contributed by atoms with Gasteiger partial charge in [0.2, 0.25) is 11.8 Å². The standard InChI is InChI=1S/C17H19N3O3/c1-12-7-6-10-20(17(12)23)11-14(21)19-15(16(22)18-2)13-8-4-3-5-9-13/h3-10,15H,11H2,1-2H3,(H,18,22)(H,19,21)/t15-/m0/s1. The zero-order valence-electron chi connectivity index (χ0n) is 13.1. The molecule has 1 aromatic carbocycles. The lowest BCUT2D eigenvalue weighted by Gasteiger charge is -2.18. The Morgan fingerprint density at radius 3 is 2.48 bits per heavy atom. The van der Waals surface area contributed by atoms with Crippen molar-refractivity contribution in [1.82, 2.24) is 15.2 Å². The second-order valence-corrected chi connectivity index (χ2v) is 5.15. The second-order valence-electron chi connectivity index (χ2n) is 5.15. The lowest BCUT2D eigenvalue weighted by atomic mass is 10.1. The zero-order valence-corrected chi connectivity index (χ0v) is 13.1. The van der Waals surface area contributed by atoms with E-state index in [2.05, 4.69) is 10.6 Å². The van der Waals surface area contributed by atoms with Crippen molar-refractivity contribution in [2.75, 3.05) is 7.05 Å². The molecular formula is C17H19N3O3. The van der Waals surface area contributed by atoms with E-state index in [0.717, 1.165) is 0 Å². The van der Waals surface area contributed by atoms with Gasteiger partial charge in [0.05, 0.1) is 0 Å². The van der Waals surface area contributed by atoms with Crippen LogP contribution in [0.4, 0.5) is 0 Å². The summed E-state index contributed by atoms with van der Waals surface area (Å²) in [6.07, 6.45) is 1.55. The highest BCUT2D eigenvalue weighted by Crippen LogP contribution is 2.12. The third kappa shape index (κ3) is 4.06. The summed E-state index contributed by atoms with van der Waals surface area (Å²) in [4.78, 5) is 36.2. The molecule has 0 aliphatic carbocycles. The molecule has 6 nitrogen and oxygen atoms in total. The van der Waals surface area contributed by atoms with Crippen molar-refractivity contribution < 1.29 is 9.59 Å². The van der Waals surface area contributed by atoms with Crippen LogP contribution in [0.1, 0.15) is 17.2 Å². The predicted octanol–water partition coefficient (Wildman–Crippen LogP) is 0.760. The van der Waals surface area contributed by atoms with Gasteiger partial charge in [0.1, 0.15) is 12.6 Å². The molecule has 0 saturated heterocycles. The number of carbonyl (C=O) groups excluding carboxylic acids is 2. The van der Waals surface area contributed by atoms with Gasteiger partial charge in [0, 0.05) is 18.8 Å². The van der Waals surface area contributed by atoms with Gasteiger partial charge in [-0.2, -0.15) is 0 Å². The minimum absolute atomic E-state index is 0.138. The molecule has 0 spiro atoms. The fourth-order valence-corrected chi connectivity index (χ4v) is 2.23. The lowest BCUT2D eigenvalue weighted by molar-refractivity contribution is -0.129. The van der Waals surface area contributed by atoms with Crippen molar-refractivity contribution in [3.8, 4) is 0 Å². The van der Waals surface area contributed by atoms with E-state index in [4.69, 9.17) is 0 Å². The fourth-order valence-electron chi connectivity index (χ4n) is 2.23. The number of nitrogens with zero attached hydrogens (tertiary/aromatic N) is 1. The number of hydrogen-bond donors (Lipinski definition) is 2. The quantitative estimate of drug-likeness (QED) is 0.855. The van der Waals surface area contributed by atoms with E-state index in [-0.39, 0.29) is 18.0 Å². The average Bonchev–Trinajstić information content (AvgIpc) is 2.57. The Morgan fingerprint density at radius 2 is 1.83 bits per heavy atom. The highest BCUT2D eigenvalue weighted by atomic mass is 16.2. The van der Waals surface area contributed by atoms with Gasteiger partial charge >= 0.3 is 0 Å². The van der Waals surface area contributed by atoms with E-state index in [9.17, 15) is 14.4 Å². The normalized spacial score (nSPS) is 11.6. The van der Waals surface area contributed by atoms with Crippen molar-refractivity contribution in [3.05, 3.63) is 70.1 Å². The van der Waals surface area contributed by atoms with Gasteiger partial charge in [0.15, 0.2) is 0 Å². The largest absolute Gasteiger partial charge is 0.357 e. The van der Waals surface area contributed by atoms with Crippen LogP contribution in [0.25, 0.3) is 0 Å². The van der Waals surface area contributed by atoms with Crippen molar-refractivity contribution >= 4 is 11.8 Å². The highest BCUT2D eigenvalue weighted by molar-refractivity contribution is 5.88. The molecule has 0 aliphatic rings. The van der Waals surface area contributed by atoms with E-state index < -0.39 is 11.9 Å². The monoisotopic (exact) mass is 313 g/mol. The summed E-state index contributed by atoms with van der Waals surface area (Å²) >= 11 is 0. The molecule has 0 radical (unpaired) electrons. The third-order valence-electron chi connectivity index (χ3n) is 3.47. The van der Waals surface area contributed by atoms with Crippen LogP contribution in [0.15, 0.2) is 53.5 Å². The number of aromatic nitrogens is 1. The minimum atomic E-state index is -0.797. The van der Waals surface area contributed by atoms with Crippen LogP contribution < -0.4 is 16.2 Å². The first-order valence-corrected chi connectivity index (χ1v) is 7.25. The smallest absolute Gasteiger partial charge is 0.253 e. The van der Waals surface area contributed by atoms with Crippen LogP contribution >= 0.6 is 0 Å². The van der Waals surface area contributed by atoms with E-state index >= 15 is 0 Å². The Balaban J connectivity index is 2.17. The minimum Gasteiger partial charge on any atom is -0.357 e. The Labute approximate surface area is 134 Å². The number of likely N-dealkylation sites (N-methyl/N-ethyl adjacent to an activating group) is 1. The average molecular weight is 313 g/mol. The van der Waals surface area contributed by atoms with Gasteiger partial charge in [-0.25, -0.2) is 0 Å². The fraction of sp³-hybridized carbons (Fsp3) is 0.235. The summed E-state index contributed by atoms with van der Waals surface area (Å²) in [5.41, 5.74) is 1.02. The van der Waals surface area contributed by atoms with Gasteiger partial charge in [-0.3, -0.25) is 14.4 Å². The summed E-state index contributed by atoms with van der Waals surface area (Å²) in [6.45, 7) is 1.55. The van der Waals surface area contributed by atoms with Crippen LogP contribution in [0.3, 0.4) is 0 Å². The number of rotatable bonds is 5. The topological polar surface area (TPSA) is 80.2 Å². The highest BCUT2D eigenvalue weighted by Gasteiger charge is 2.21. The first-order chi connectivity index (χ1) is 11.0. The molecular weight excluding hydrogens is 294 g/mol. The summed E-state index contributed by atoms with van der Waals surface area (Å²) in [5.74, 6) is -0.726. The molecule has 0 bridgehead atoms. The van der Waals surface area contributed by atoms with Crippen molar-refractivity contribution in [2.45, 2.75) is 19.5 Å². The summed E-state index contributed by atoms with van der Waals surface area (Å²) < 4.78 is 1.32. The van der Waals surface area contributed by atoms with E-state index in [1.54, 1.807) is 49.5 Å². The molecule has 6 heteroatoms. The van der Waals surface area contributed by atoms with E-state index in [0.29, 0.717) is 11.1 Å². The number of hydrogen-bond acceptors (Lipinski definition) is 3. The van der Waals surface area contributed by atoms with Gasteiger partial charge in [-0.1, -0.05) is 36.4 Å². The first kappa shape index (κ1) is 16.5. The van der Waals surface area contributed by atoms with Gasteiger partial charge in [-0.15, -0.1) is 0 Å². The maximum atomic E-state index is 12.2. The van der Waals surface area contributed by atoms with Crippen LogP contribution in [0.5, 0.6) is 0 Å². The molecule has 2 rings (SSSR count). The van der Waals surface area contributed by atoms with Crippen LogP contribution in [0, 0.1) is 6.92 Å². The molecule has 2 amide bonds. The number of amides is 2.